The fourth-order valence-corrected chi connectivity index (χ4v) is 2.99. The van der Waals surface area contributed by atoms with Crippen LogP contribution in [0.25, 0.3) is 0 Å². The third-order valence-electron chi connectivity index (χ3n) is 2.97. The maximum atomic E-state index is 11.9. The number of nitrogens with zero attached hydrogens (tertiary/aromatic N) is 1. The van der Waals surface area contributed by atoms with Gasteiger partial charge in [0.25, 0.3) is 5.91 Å². The fourth-order valence-electron chi connectivity index (χ4n) is 1.94. The monoisotopic (exact) mass is 408 g/mol. The van der Waals surface area contributed by atoms with Gasteiger partial charge in [-0.3, -0.25) is 4.79 Å². The molecule has 2 rings (SSSR count). The van der Waals surface area contributed by atoms with Gasteiger partial charge in [-0.15, -0.1) is 0 Å². The fraction of sp³-hybridized carbons (Fsp3) is 0.188. The Bertz CT molecular complexity index is 826. The van der Waals surface area contributed by atoms with Crippen molar-refractivity contribution in [3.05, 3.63) is 45.8 Å². The summed E-state index contributed by atoms with van der Waals surface area (Å²) in [5.74, 6) is -0.0312. The summed E-state index contributed by atoms with van der Waals surface area (Å²) in [6.07, 6.45) is 0. The van der Waals surface area contributed by atoms with E-state index < -0.39 is 18.5 Å². The molecule has 1 N–H and O–H groups in total. The second-order valence-electron chi connectivity index (χ2n) is 4.79. The number of amides is 1. The highest BCUT2D eigenvalue weighted by molar-refractivity contribution is 9.10. The average Bonchev–Trinajstić information content (AvgIpc) is 2.86. The summed E-state index contributed by atoms with van der Waals surface area (Å²) in [4.78, 5) is 24.6. The van der Waals surface area contributed by atoms with Crippen LogP contribution in [0.4, 0.5) is 5.69 Å². The number of carbonyl (C=O) groups is 2. The lowest BCUT2D eigenvalue weighted by Crippen LogP contribution is -2.21. The van der Waals surface area contributed by atoms with Crippen LogP contribution in [0.15, 0.2) is 38.1 Å². The van der Waals surface area contributed by atoms with E-state index in [1.165, 1.54) is 0 Å². The van der Waals surface area contributed by atoms with Crippen molar-refractivity contribution >= 4 is 45.3 Å². The van der Waals surface area contributed by atoms with Gasteiger partial charge in [0, 0.05) is 9.37 Å². The number of hydrogen-bond acceptors (Lipinski definition) is 6. The van der Waals surface area contributed by atoms with Gasteiger partial charge in [0.05, 0.1) is 5.69 Å². The zero-order chi connectivity index (χ0) is 17.7. The van der Waals surface area contributed by atoms with E-state index in [2.05, 4.69) is 21.2 Å². The van der Waals surface area contributed by atoms with Crippen LogP contribution in [-0.2, 0) is 9.53 Å². The molecule has 0 fully saturated rings. The lowest BCUT2D eigenvalue weighted by Gasteiger charge is -2.08. The minimum atomic E-state index is -0.612. The summed E-state index contributed by atoms with van der Waals surface area (Å²) in [6, 6.07) is 6.65. The Hall–Kier alpha value is -2.24. The molecule has 1 aromatic carbocycles. The number of thiocyanates is 1. The Labute approximate surface area is 151 Å². The van der Waals surface area contributed by atoms with E-state index in [1.807, 2.05) is 5.40 Å². The van der Waals surface area contributed by atoms with Crippen LogP contribution < -0.4 is 5.32 Å². The Morgan fingerprint density at radius 2 is 2.12 bits per heavy atom. The summed E-state index contributed by atoms with van der Waals surface area (Å²) in [7, 11) is 0. The maximum absolute atomic E-state index is 11.9. The van der Waals surface area contributed by atoms with Crippen LogP contribution in [0.1, 0.15) is 21.9 Å². The number of nitrogens with one attached hydrogen (secondary N) is 1. The van der Waals surface area contributed by atoms with E-state index in [0.29, 0.717) is 27.2 Å². The van der Waals surface area contributed by atoms with Crippen LogP contribution in [-0.4, -0.2) is 18.5 Å². The molecular formula is C16H13BrN2O4S. The number of thioether (sulfide) groups is 1. The zero-order valence-electron chi connectivity index (χ0n) is 12.9. The van der Waals surface area contributed by atoms with Gasteiger partial charge in [0.1, 0.15) is 22.5 Å². The van der Waals surface area contributed by atoms with Gasteiger partial charge >= 0.3 is 5.97 Å². The van der Waals surface area contributed by atoms with Crippen molar-refractivity contribution in [2.24, 2.45) is 0 Å². The number of esters is 1. The number of benzene rings is 1. The highest BCUT2D eigenvalue weighted by Crippen LogP contribution is 2.28. The van der Waals surface area contributed by atoms with Crippen molar-refractivity contribution in [3.8, 4) is 5.40 Å². The van der Waals surface area contributed by atoms with E-state index >= 15 is 0 Å². The molecule has 0 radical (unpaired) electrons. The molecule has 0 aliphatic carbocycles. The second kappa shape index (κ2) is 8.04. The third-order valence-corrected chi connectivity index (χ3v) is 4.21. The molecule has 0 spiro atoms. The predicted molar refractivity (Wildman–Crippen MR) is 92.7 cm³/mol. The number of hydrogen-bond donors (Lipinski definition) is 1. The Kier molecular flexibility index (Phi) is 6.06. The van der Waals surface area contributed by atoms with Crippen LogP contribution in [0.2, 0.25) is 0 Å². The maximum Gasteiger partial charge on any atom is 0.342 e. The molecule has 0 aliphatic heterocycles. The van der Waals surface area contributed by atoms with Crippen molar-refractivity contribution in [3.63, 3.8) is 0 Å². The molecule has 0 bridgehead atoms. The lowest BCUT2D eigenvalue weighted by molar-refractivity contribution is -0.119. The number of carbonyl (C=O) groups excluding carboxylic acids is 2. The quantitative estimate of drug-likeness (QED) is 0.456. The Morgan fingerprint density at radius 3 is 2.71 bits per heavy atom. The predicted octanol–water partition coefficient (Wildman–Crippen LogP) is 4.03. The van der Waals surface area contributed by atoms with Crippen molar-refractivity contribution in [2.75, 3.05) is 11.9 Å². The standard InChI is InChI=1S/C16H13BrN2O4S/c1-9-5-12(10(2)23-9)16(21)22-7-15(20)19-14-4-3-11(24-8-18)6-13(14)17/h3-6H,7H2,1-2H3,(H,19,20). The smallest absolute Gasteiger partial charge is 0.342 e. The summed E-state index contributed by atoms with van der Waals surface area (Å²) in [5.41, 5.74) is 0.827. The number of ether oxygens (including phenoxy) is 1. The number of anilines is 1. The number of furan rings is 1. The minimum Gasteiger partial charge on any atom is -0.466 e. The molecular weight excluding hydrogens is 396 g/mol. The SMILES string of the molecule is Cc1cc(C(=O)OCC(=O)Nc2ccc(SC#N)cc2Br)c(C)o1. The molecule has 8 heteroatoms. The van der Waals surface area contributed by atoms with Gasteiger partial charge < -0.3 is 14.5 Å². The topological polar surface area (TPSA) is 92.3 Å². The molecule has 0 saturated heterocycles. The molecule has 1 aromatic heterocycles. The number of halogens is 1. The first-order valence-electron chi connectivity index (χ1n) is 6.80. The first-order chi connectivity index (χ1) is 11.4. The van der Waals surface area contributed by atoms with E-state index in [9.17, 15) is 9.59 Å². The molecule has 0 aliphatic rings. The van der Waals surface area contributed by atoms with E-state index in [0.717, 1.165) is 16.7 Å². The van der Waals surface area contributed by atoms with Crippen molar-refractivity contribution in [1.82, 2.24) is 0 Å². The van der Waals surface area contributed by atoms with Gasteiger partial charge in [-0.1, -0.05) is 0 Å². The van der Waals surface area contributed by atoms with Gasteiger partial charge in [-0.05, 0) is 65.8 Å². The van der Waals surface area contributed by atoms with E-state index in [1.54, 1.807) is 38.1 Å². The summed E-state index contributed by atoms with van der Waals surface area (Å²) in [5, 5.41) is 13.2. The minimum absolute atomic E-state index is 0.305. The lowest BCUT2D eigenvalue weighted by atomic mass is 10.2. The van der Waals surface area contributed by atoms with Gasteiger partial charge in [-0.2, -0.15) is 5.26 Å². The van der Waals surface area contributed by atoms with Crippen LogP contribution in [0, 0.1) is 24.5 Å². The van der Waals surface area contributed by atoms with Crippen LogP contribution >= 0.6 is 27.7 Å². The van der Waals surface area contributed by atoms with Crippen molar-refractivity contribution in [2.45, 2.75) is 18.7 Å². The summed E-state index contributed by atoms with van der Waals surface area (Å²) < 4.78 is 10.9. The van der Waals surface area contributed by atoms with E-state index in [-0.39, 0.29) is 0 Å². The molecule has 1 heterocycles. The summed E-state index contributed by atoms with van der Waals surface area (Å²) in [6.45, 7) is 2.97. The average molecular weight is 409 g/mol. The summed E-state index contributed by atoms with van der Waals surface area (Å²) >= 11 is 4.33. The molecule has 0 unspecified atom stereocenters. The molecule has 2 aromatic rings. The largest absolute Gasteiger partial charge is 0.466 e. The molecule has 24 heavy (non-hydrogen) atoms. The first kappa shape index (κ1) is 18.1. The van der Waals surface area contributed by atoms with E-state index in [4.69, 9.17) is 14.4 Å². The Balaban J connectivity index is 1.93. The number of rotatable bonds is 5. The van der Waals surface area contributed by atoms with Gasteiger partial charge in [-0.25, -0.2) is 4.79 Å². The van der Waals surface area contributed by atoms with Crippen LogP contribution in [0.5, 0.6) is 0 Å². The normalized spacial score (nSPS) is 10.1. The molecule has 124 valence electrons. The Morgan fingerprint density at radius 1 is 1.38 bits per heavy atom. The number of nitriles is 1. The highest BCUT2D eigenvalue weighted by Gasteiger charge is 2.16. The van der Waals surface area contributed by atoms with Crippen molar-refractivity contribution < 1.29 is 18.7 Å². The van der Waals surface area contributed by atoms with Crippen molar-refractivity contribution in [1.29, 1.82) is 5.26 Å². The highest BCUT2D eigenvalue weighted by atomic mass is 79.9. The second-order valence-corrected chi connectivity index (χ2v) is 6.50. The first-order valence-corrected chi connectivity index (χ1v) is 8.41. The number of aryl methyl sites for hydroxylation is 2. The molecule has 1 amide bonds. The van der Waals surface area contributed by atoms with Gasteiger partial charge in [0.2, 0.25) is 0 Å². The third kappa shape index (κ3) is 4.63. The zero-order valence-corrected chi connectivity index (χ0v) is 15.3. The molecule has 0 atom stereocenters. The molecule has 6 nitrogen and oxygen atoms in total. The molecule has 0 saturated carbocycles. The van der Waals surface area contributed by atoms with Crippen LogP contribution in [0.3, 0.4) is 0 Å². The van der Waals surface area contributed by atoms with Gasteiger partial charge in [0.15, 0.2) is 6.61 Å².